The van der Waals surface area contributed by atoms with Gasteiger partial charge in [-0.3, -0.25) is 9.69 Å². The van der Waals surface area contributed by atoms with Crippen molar-refractivity contribution >= 4 is 46.6 Å². The molecule has 168 valence electrons. The lowest BCUT2D eigenvalue weighted by Crippen LogP contribution is -2.31. The summed E-state index contributed by atoms with van der Waals surface area (Å²) in [5.41, 5.74) is 3.94. The Bertz CT molecular complexity index is 1240. The van der Waals surface area contributed by atoms with Crippen LogP contribution in [0.1, 0.15) is 23.6 Å². The van der Waals surface area contributed by atoms with Gasteiger partial charge in [-0.15, -0.1) is 0 Å². The van der Waals surface area contributed by atoms with E-state index in [4.69, 9.17) is 33.3 Å². The first-order valence-corrected chi connectivity index (χ1v) is 11.3. The van der Waals surface area contributed by atoms with E-state index in [0.29, 0.717) is 27.3 Å². The number of carbonyl (C=O) groups is 1. The van der Waals surface area contributed by atoms with Crippen LogP contribution in [-0.2, 0) is 17.8 Å². The Balaban J connectivity index is 1.59. The minimum Gasteiger partial charge on any atom is -0.496 e. The molecule has 0 aliphatic carbocycles. The lowest BCUT2D eigenvalue weighted by atomic mass is 10.1. The van der Waals surface area contributed by atoms with Crippen LogP contribution in [0.3, 0.4) is 0 Å². The molecule has 3 aromatic rings. The average molecular weight is 479 g/mol. The highest BCUT2D eigenvalue weighted by atomic mass is 35.5. The topological polar surface area (TPSA) is 50.8 Å². The molecule has 1 amide bonds. The summed E-state index contributed by atoms with van der Waals surface area (Å²) in [7, 11) is 1.61. The van der Waals surface area contributed by atoms with E-state index >= 15 is 0 Å². The van der Waals surface area contributed by atoms with Gasteiger partial charge < -0.3 is 14.8 Å². The number of hydrogen-bond acceptors (Lipinski definition) is 4. The third-order valence-electron chi connectivity index (χ3n) is 5.30. The largest absolute Gasteiger partial charge is 0.496 e. The first-order chi connectivity index (χ1) is 16.0. The number of thiocarbonyl (C=S) groups is 1. The lowest BCUT2D eigenvalue weighted by Gasteiger charge is -2.17. The number of nitrogens with one attached hydrogen (secondary N) is 1. The number of aryl methyl sites for hydroxylation is 1. The molecule has 7 heteroatoms. The van der Waals surface area contributed by atoms with E-state index in [9.17, 15) is 4.79 Å². The van der Waals surface area contributed by atoms with Crippen LogP contribution in [0, 0.1) is 0 Å². The molecule has 1 fully saturated rings. The van der Waals surface area contributed by atoms with Crippen molar-refractivity contribution in [2.45, 2.75) is 20.0 Å². The minimum atomic E-state index is -0.187. The first kappa shape index (κ1) is 22.8. The highest BCUT2D eigenvalue weighted by molar-refractivity contribution is 7.80. The normalized spacial score (nSPS) is 14.5. The predicted octanol–water partition coefficient (Wildman–Crippen LogP) is 5.75. The number of benzene rings is 3. The quantitative estimate of drug-likeness (QED) is 0.346. The van der Waals surface area contributed by atoms with Crippen molar-refractivity contribution in [3.63, 3.8) is 0 Å². The molecule has 0 radical (unpaired) electrons. The van der Waals surface area contributed by atoms with Crippen molar-refractivity contribution in [1.29, 1.82) is 0 Å². The molecule has 0 aromatic heterocycles. The van der Waals surface area contributed by atoms with Gasteiger partial charge in [0.1, 0.15) is 23.8 Å². The Hall–Kier alpha value is -3.35. The summed E-state index contributed by atoms with van der Waals surface area (Å²) in [6, 6.07) is 20.7. The van der Waals surface area contributed by atoms with Gasteiger partial charge in [-0.1, -0.05) is 48.9 Å². The monoisotopic (exact) mass is 478 g/mol. The number of halogens is 1. The zero-order valence-electron chi connectivity index (χ0n) is 18.3. The molecular formula is C26H23ClN2O3S. The Morgan fingerprint density at radius 1 is 1.06 bits per heavy atom. The summed E-state index contributed by atoms with van der Waals surface area (Å²) < 4.78 is 11.4. The van der Waals surface area contributed by atoms with Crippen LogP contribution in [0.25, 0.3) is 6.08 Å². The van der Waals surface area contributed by atoms with E-state index in [-0.39, 0.29) is 12.5 Å². The van der Waals surface area contributed by atoms with Gasteiger partial charge in [0.05, 0.1) is 12.8 Å². The van der Waals surface area contributed by atoms with Crippen LogP contribution < -0.4 is 19.7 Å². The summed E-state index contributed by atoms with van der Waals surface area (Å²) in [5.74, 6) is 1.17. The lowest BCUT2D eigenvalue weighted by molar-refractivity contribution is -0.113. The molecule has 1 saturated heterocycles. The van der Waals surface area contributed by atoms with Crippen LogP contribution in [0.15, 0.2) is 72.4 Å². The number of nitrogens with zero attached hydrogens (tertiary/aromatic N) is 1. The Morgan fingerprint density at radius 3 is 2.64 bits per heavy atom. The van der Waals surface area contributed by atoms with Gasteiger partial charge >= 0.3 is 0 Å². The van der Waals surface area contributed by atoms with Crippen molar-refractivity contribution in [1.82, 2.24) is 5.32 Å². The van der Waals surface area contributed by atoms with E-state index in [1.54, 1.807) is 30.2 Å². The maximum Gasteiger partial charge on any atom is 0.281 e. The van der Waals surface area contributed by atoms with Crippen LogP contribution >= 0.6 is 23.8 Å². The fraction of sp³-hybridized carbons (Fsp3) is 0.154. The molecule has 1 aliphatic rings. The van der Waals surface area contributed by atoms with Crippen LogP contribution in [0.4, 0.5) is 5.69 Å². The third-order valence-corrected chi connectivity index (χ3v) is 5.82. The van der Waals surface area contributed by atoms with Crippen LogP contribution in [0.5, 0.6) is 11.5 Å². The molecule has 33 heavy (non-hydrogen) atoms. The molecule has 0 saturated carbocycles. The number of carbonyl (C=O) groups excluding carboxylic acids is 1. The summed E-state index contributed by atoms with van der Waals surface area (Å²) in [6.07, 6.45) is 2.58. The zero-order chi connectivity index (χ0) is 23.4. The Labute approximate surface area is 203 Å². The maximum absolute atomic E-state index is 13.2. The van der Waals surface area contributed by atoms with Gasteiger partial charge in [0.25, 0.3) is 5.91 Å². The number of ether oxygens (including phenoxy) is 2. The first-order valence-electron chi connectivity index (χ1n) is 10.5. The van der Waals surface area contributed by atoms with Gasteiger partial charge in [0, 0.05) is 10.6 Å². The second-order valence-electron chi connectivity index (χ2n) is 7.43. The summed E-state index contributed by atoms with van der Waals surface area (Å²) >= 11 is 11.5. The summed E-state index contributed by atoms with van der Waals surface area (Å²) in [5, 5.41) is 4.03. The third kappa shape index (κ3) is 5.02. The van der Waals surface area contributed by atoms with Crippen LogP contribution in [-0.4, -0.2) is 18.1 Å². The number of methoxy groups -OCH3 is 1. The van der Waals surface area contributed by atoms with Crippen molar-refractivity contribution in [3.8, 4) is 11.5 Å². The highest BCUT2D eigenvalue weighted by Gasteiger charge is 2.32. The van der Waals surface area contributed by atoms with Crippen molar-refractivity contribution < 1.29 is 14.3 Å². The maximum atomic E-state index is 13.2. The highest BCUT2D eigenvalue weighted by Crippen LogP contribution is 2.28. The molecule has 4 rings (SSSR count). The number of para-hydroxylation sites is 1. The molecule has 5 nitrogen and oxygen atoms in total. The van der Waals surface area contributed by atoms with E-state index in [0.717, 1.165) is 28.8 Å². The van der Waals surface area contributed by atoms with E-state index in [1.165, 1.54) is 0 Å². The summed E-state index contributed by atoms with van der Waals surface area (Å²) in [6.45, 7) is 2.34. The molecule has 0 bridgehead atoms. The molecule has 1 heterocycles. The second-order valence-corrected chi connectivity index (χ2v) is 8.25. The molecule has 3 aromatic carbocycles. The number of rotatable bonds is 7. The molecule has 0 atom stereocenters. The number of hydrogen-bond donors (Lipinski definition) is 1. The predicted molar refractivity (Wildman–Crippen MR) is 136 cm³/mol. The Morgan fingerprint density at radius 2 is 1.88 bits per heavy atom. The van der Waals surface area contributed by atoms with Gasteiger partial charge in [0.2, 0.25) is 0 Å². The molecule has 0 unspecified atom stereocenters. The Kier molecular flexibility index (Phi) is 6.96. The molecule has 1 N–H and O–H groups in total. The SMILES string of the molecule is CCc1ccccc1N1C(=O)/C(=C\c2ccc(OC)c(COc3cccc(Cl)c3)c2)NC1=S. The molecule has 1 aliphatic heterocycles. The smallest absolute Gasteiger partial charge is 0.281 e. The van der Waals surface area contributed by atoms with E-state index < -0.39 is 0 Å². The average Bonchev–Trinajstić information content (AvgIpc) is 3.10. The van der Waals surface area contributed by atoms with Crippen molar-refractivity contribution in [3.05, 3.63) is 94.1 Å². The fourth-order valence-corrected chi connectivity index (χ4v) is 4.14. The minimum absolute atomic E-state index is 0.187. The van der Waals surface area contributed by atoms with E-state index in [1.807, 2.05) is 54.6 Å². The van der Waals surface area contributed by atoms with Gasteiger partial charge in [-0.2, -0.15) is 0 Å². The van der Waals surface area contributed by atoms with Crippen LogP contribution in [0.2, 0.25) is 5.02 Å². The number of amides is 1. The van der Waals surface area contributed by atoms with Gasteiger partial charge in [0.15, 0.2) is 5.11 Å². The second kappa shape index (κ2) is 10.1. The fourth-order valence-electron chi connectivity index (χ4n) is 3.67. The molecular weight excluding hydrogens is 456 g/mol. The van der Waals surface area contributed by atoms with Gasteiger partial charge in [-0.25, -0.2) is 0 Å². The number of anilines is 1. The van der Waals surface area contributed by atoms with Crippen molar-refractivity contribution in [2.75, 3.05) is 12.0 Å². The molecule has 0 spiro atoms. The van der Waals surface area contributed by atoms with Gasteiger partial charge in [-0.05, 0) is 72.2 Å². The summed E-state index contributed by atoms with van der Waals surface area (Å²) in [4.78, 5) is 14.7. The van der Waals surface area contributed by atoms with Crippen molar-refractivity contribution in [2.24, 2.45) is 0 Å². The standard InChI is InChI=1S/C26H23ClN2O3S/c1-3-18-7-4-5-10-23(18)29-25(30)22(28-26(29)33)14-17-11-12-24(31-2)19(13-17)16-32-21-9-6-8-20(27)15-21/h4-15H,3,16H2,1-2H3,(H,28,33)/b22-14+. The van der Waals surface area contributed by atoms with E-state index in [2.05, 4.69) is 12.2 Å². The zero-order valence-corrected chi connectivity index (χ0v) is 19.9.